The van der Waals surface area contributed by atoms with E-state index in [-0.39, 0.29) is 88.5 Å². The number of methoxy groups -OCH3 is 2. The number of rotatable bonds is 24. The molecule has 1 rings (SSSR count). The first-order valence-corrected chi connectivity index (χ1v) is 16.6. The minimum atomic E-state index is -1.04. The molecule has 0 aliphatic carbocycles. The van der Waals surface area contributed by atoms with Crippen molar-refractivity contribution in [2.45, 2.75) is 90.4 Å². The quantitative estimate of drug-likeness (QED) is 0.0600. The van der Waals surface area contributed by atoms with Crippen LogP contribution >= 0.6 is 0 Å². The molecule has 17 heteroatoms. The number of aliphatic hydroxyl groups excluding tert-OH is 2. The van der Waals surface area contributed by atoms with E-state index in [2.05, 4.69) is 26.3 Å². The first-order valence-electron chi connectivity index (χ1n) is 16.6. The van der Waals surface area contributed by atoms with Gasteiger partial charge in [-0.3, -0.25) is 19.2 Å². The van der Waals surface area contributed by atoms with Gasteiger partial charge in [0.2, 0.25) is 35.4 Å². The average molecular weight is 712 g/mol. The summed E-state index contributed by atoms with van der Waals surface area (Å²) < 4.78 is 20.7. The molecule has 4 amide bonds. The van der Waals surface area contributed by atoms with Crippen molar-refractivity contribution in [3.63, 3.8) is 0 Å². The highest BCUT2D eigenvalue weighted by atomic mass is 16.5. The number of carbonyl (C=O) groups is 6. The van der Waals surface area contributed by atoms with Crippen molar-refractivity contribution in [3.05, 3.63) is 18.2 Å². The Morgan fingerprint density at radius 3 is 1.36 bits per heavy atom. The van der Waals surface area contributed by atoms with Gasteiger partial charge in [-0.15, -0.1) is 0 Å². The summed E-state index contributed by atoms with van der Waals surface area (Å²) in [5.74, 6) is -3.37. The van der Waals surface area contributed by atoms with Gasteiger partial charge >= 0.3 is 11.9 Å². The molecular formula is C33H53N5O12. The van der Waals surface area contributed by atoms with Crippen molar-refractivity contribution < 1.29 is 57.9 Å². The maximum Gasteiger partial charge on any atom is 0.328 e. The van der Waals surface area contributed by atoms with Gasteiger partial charge in [0.05, 0.1) is 27.4 Å². The van der Waals surface area contributed by atoms with E-state index in [9.17, 15) is 39.0 Å². The first-order chi connectivity index (χ1) is 23.8. The number of aliphatic hydroxyl groups is 2. The second kappa shape index (κ2) is 23.8. The van der Waals surface area contributed by atoms with E-state index in [0.29, 0.717) is 0 Å². The van der Waals surface area contributed by atoms with Crippen molar-refractivity contribution in [2.75, 3.05) is 40.6 Å². The summed E-state index contributed by atoms with van der Waals surface area (Å²) in [5, 5.41) is 29.0. The smallest absolute Gasteiger partial charge is 0.328 e. The lowest BCUT2D eigenvalue weighted by Gasteiger charge is -2.24. The monoisotopic (exact) mass is 711 g/mol. The first kappa shape index (κ1) is 43.5. The highest BCUT2D eigenvalue weighted by Crippen LogP contribution is 2.15. The summed E-state index contributed by atoms with van der Waals surface area (Å²) in [7, 11) is 2.43. The maximum absolute atomic E-state index is 12.7. The Balaban J connectivity index is 2.51. The van der Waals surface area contributed by atoms with Crippen LogP contribution in [0.2, 0.25) is 0 Å². The van der Waals surface area contributed by atoms with Crippen molar-refractivity contribution in [1.82, 2.24) is 26.3 Å². The molecule has 0 aromatic carbocycles. The molecule has 1 aromatic rings. The highest BCUT2D eigenvalue weighted by Gasteiger charge is 2.30. The van der Waals surface area contributed by atoms with Crippen LogP contribution in [0.4, 0.5) is 0 Å². The van der Waals surface area contributed by atoms with Gasteiger partial charge in [0, 0.05) is 38.2 Å². The summed E-state index contributed by atoms with van der Waals surface area (Å²) in [6.07, 6.45) is 0.521. The third-order valence-electron chi connectivity index (χ3n) is 7.27. The fraction of sp³-hybridized carbons (Fsp3) is 0.667. The van der Waals surface area contributed by atoms with Gasteiger partial charge in [-0.2, -0.15) is 4.98 Å². The number of hydrogen-bond acceptors (Lipinski definition) is 13. The Labute approximate surface area is 292 Å². The third-order valence-corrected chi connectivity index (χ3v) is 7.27. The van der Waals surface area contributed by atoms with Gasteiger partial charge < -0.3 is 50.4 Å². The van der Waals surface area contributed by atoms with Gasteiger partial charge in [0.15, 0.2) is 0 Å². The van der Waals surface area contributed by atoms with Crippen LogP contribution in [0.15, 0.2) is 18.2 Å². The van der Waals surface area contributed by atoms with Crippen molar-refractivity contribution >= 4 is 35.6 Å². The fourth-order valence-corrected chi connectivity index (χ4v) is 4.46. The standard InChI is InChI=1S/C33H53N5O12/c1-20(2)28(32(45)47-5)37-30(43)22(14-16-39)34-24(41)10-8-18-49-26-12-7-13-27(36-26)50-19-9-11-25(42)35-23(15-17-40)31(44)38-29(21(3)4)33(46)48-6/h7,12-13,20-23,28-29,39-40H,8-11,14-19H2,1-6H3,(H,34,41)(H,35,42)(H,37,43)(H,38,44)/t22?,23?,28-,29-/m0/s1. The van der Waals surface area contributed by atoms with Crippen LogP contribution in [0.25, 0.3) is 0 Å². The van der Waals surface area contributed by atoms with Gasteiger partial charge in [0.1, 0.15) is 24.2 Å². The molecule has 0 fully saturated rings. The Kier molecular flexibility index (Phi) is 20.7. The Morgan fingerprint density at radius 2 is 1.04 bits per heavy atom. The van der Waals surface area contributed by atoms with Crippen molar-refractivity contribution in [1.29, 1.82) is 0 Å². The molecule has 282 valence electrons. The van der Waals surface area contributed by atoms with Gasteiger partial charge in [-0.25, -0.2) is 9.59 Å². The SMILES string of the molecule is COC(=O)[C@@H](NC(=O)C(CCO)NC(=O)CCCOc1cccc(OCCCC(=O)NC(CCO)C(=O)N[C@H](C(=O)OC)C(C)C)n1)C(C)C. The molecule has 50 heavy (non-hydrogen) atoms. The van der Waals surface area contributed by atoms with E-state index < -0.39 is 59.7 Å². The third kappa shape index (κ3) is 16.3. The second-order valence-electron chi connectivity index (χ2n) is 12.0. The van der Waals surface area contributed by atoms with Crippen LogP contribution in [0, 0.1) is 11.8 Å². The minimum Gasteiger partial charge on any atom is -0.478 e. The molecule has 0 saturated carbocycles. The second-order valence-corrected chi connectivity index (χ2v) is 12.0. The molecule has 0 aliphatic rings. The summed E-state index contributed by atoms with van der Waals surface area (Å²) in [6.45, 7) is 6.49. The Bertz CT molecular complexity index is 1160. The molecule has 0 saturated heterocycles. The van der Waals surface area contributed by atoms with E-state index >= 15 is 0 Å². The average Bonchev–Trinajstić information content (AvgIpc) is 3.08. The van der Waals surface area contributed by atoms with Gasteiger partial charge in [-0.05, 0) is 37.5 Å². The lowest BCUT2D eigenvalue weighted by atomic mass is 10.0. The number of amides is 4. The number of esters is 2. The lowest BCUT2D eigenvalue weighted by molar-refractivity contribution is -0.147. The highest BCUT2D eigenvalue weighted by molar-refractivity contribution is 5.91. The molecule has 0 radical (unpaired) electrons. The largest absolute Gasteiger partial charge is 0.478 e. The van der Waals surface area contributed by atoms with Crippen LogP contribution in [0.1, 0.15) is 66.2 Å². The van der Waals surface area contributed by atoms with Crippen LogP contribution < -0.4 is 30.7 Å². The van der Waals surface area contributed by atoms with Crippen molar-refractivity contribution in [3.8, 4) is 11.8 Å². The number of hydrogen-bond donors (Lipinski definition) is 6. The fourth-order valence-electron chi connectivity index (χ4n) is 4.46. The number of nitrogens with zero attached hydrogens (tertiary/aromatic N) is 1. The molecule has 0 spiro atoms. The lowest BCUT2D eigenvalue weighted by Crippen LogP contribution is -2.53. The predicted molar refractivity (Wildman–Crippen MR) is 179 cm³/mol. The molecule has 17 nitrogen and oxygen atoms in total. The summed E-state index contributed by atoms with van der Waals surface area (Å²) in [5.41, 5.74) is 0. The zero-order valence-electron chi connectivity index (χ0n) is 29.7. The van der Waals surface area contributed by atoms with Gasteiger partial charge in [0.25, 0.3) is 0 Å². The summed E-state index contributed by atoms with van der Waals surface area (Å²) >= 11 is 0. The zero-order chi connectivity index (χ0) is 37.6. The van der Waals surface area contributed by atoms with Crippen LogP contribution in [-0.2, 0) is 38.2 Å². The van der Waals surface area contributed by atoms with Gasteiger partial charge in [-0.1, -0.05) is 33.8 Å². The molecule has 1 heterocycles. The molecular weight excluding hydrogens is 658 g/mol. The molecule has 6 N–H and O–H groups in total. The molecule has 1 aromatic heterocycles. The Morgan fingerprint density at radius 1 is 0.660 bits per heavy atom. The number of pyridine rings is 1. The van der Waals surface area contributed by atoms with Crippen LogP contribution in [0.3, 0.4) is 0 Å². The normalized spacial score (nSPS) is 13.3. The molecule has 0 bridgehead atoms. The summed E-state index contributed by atoms with van der Waals surface area (Å²) in [4.78, 5) is 78.6. The van der Waals surface area contributed by atoms with E-state index in [4.69, 9.17) is 18.9 Å². The molecule has 0 aliphatic heterocycles. The van der Waals surface area contributed by atoms with Crippen molar-refractivity contribution in [2.24, 2.45) is 11.8 Å². The van der Waals surface area contributed by atoms with Crippen LogP contribution in [0.5, 0.6) is 11.8 Å². The van der Waals surface area contributed by atoms with E-state index in [1.807, 2.05) is 0 Å². The number of carbonyl (C=O) groups excluding carboxylic acids is 6. The van der Waals surface area contributed by atoms with E-state index in [1.54, 1.807) is 45.9 Å². The van der Waals surface area contributed by atoms with Crippen LogP contribution in [-0.4, -0.2) is 116 Å². The maximum atomic E-state index is 12.7. The van der Waals surface area contributed by atoms with E-state index in [1.165, 1.54) is 14.2 Å². The van der Waals surface area contributed by atoms with E-state index in [0.717, 1.165) is 0 Å². The minimum absolute atomic E-state index is 0.0164. The number of nitrogens with one attached hydrogen (secondary N) is 4. The predicted octanol–water partition coefficient (Wildman–Crippen LogP) is -0.238. The Hall–Kier alpha value is -4.51. The number of ether oxygens (including phenoxy) is 4. The zero-order valence-corrected chi connectivity index (χ0v) is 29.7. The number of aromatic nitrogens is 1. The molecule has 4 atom stereocenters. The summed E-state index contributed by atoms with van der Waals surface area (Å²) in [6, 6.07) is 0.969. The topological polar surface area (TPSA) is 241 Å². The molecule has 2 unspecified atom stereocenters.